The van der Waals surface area contributed by atoms with Crippen molar-refractivity contribution in [1.82, 2.24) is 55.5 Å². The lowest BCUT2D eigenvalue weighted by Crippen LogP contribution is -2.15. The van der Waals surface area contributed by atoms with E-state index >= 15 is 0 Å². The number of benzene rings is 1. The zero-order chi connectivity index (χ0) is 58.5. The van der Waals surface area contributed by atoms with Crippen LogP contribution < -0.4 is 0 Å². The topological polar surface area (TPSA) is 157 Å². The second-order valence-electron chi connectivity index (χ2n) is 22.0. The SMILES string of the molecule is C/C=C(\C)c1nc(C)c(C)c(C)c1C.CC1=[N+](C)C[N+](c2cc(C)c(C)c(C)c2C)=C1C.Cc1[nH]nc(C(C)(C)P(C)C)c1C.Cc1nc(-c2nc(C)c(C)c(C)c2C)n[nH]1.Cc1nc(-c2nc(C)c(C)c(C)c2C)n[nH]1. The number of aryl methyl sites for hydroxylation is 7. The van der Waals surface area contributed by atoms with E-state index in [1.807, 2.05) is 27.7 Å². The summed E-state index contributed by atoms with van der Waals surface area (Å²) in [4.78, 5) is 22.4. The van der Waals surface area contributed by atoms with Crippen molar-refractivity contribution in [2.75, 3.05) is 27.0 Å². The summed E-state index contributed by atoms with van der Waals surface area (Å²) in [7, 11) is 2.15. The van der Waals surface area contributed by atoms with Crippen molar-refractivity contribution in [3.8, 4) is 23.0 Å². The standard InChI is InChI=1S/C16H24N2.C13H19N.2C12H16N4.C10H19N2P/c1-10-8-16(13(4)12(3)11(10)2)18-9-17(7)14(5)15(18)6;1-7-8(2)13-11(5)9(3)10(4)12(6)14-13;2*1-6-7(2)9(4)13-11(8(6)3)12-14-10(5)15-16-12;1-7-8(2)11-12-9(7)10(3,4)13(5)6/h8H,9H2,1-7H3;7H,1-6H3;2*1-5H3,(H,14,15,16);1-6H3,(H,11,12)/q+2;;;;/b;8-7+;;;. The van der Waals surface area contributed by atoms with E-state index in [2.05, 4.69) is 250 Å². The lowest BCUT2D eigenvalue weighted by molar-refractivity contribution is -0.665. The molecule has 0 bridgehead atoms. The van der Waals surface area contributed by atoms with Crippen LogP contribution in [-0.2, 0) is 5.16 Å². The third-order valence-corrected chi connectivity index (χ3v) is 19.3. The van der Waals surface area contributed by atoms with E-state index < -0.39 is 0 Å². The van der Waals surface area contributed by atoms with Crippen LogP contribution in [0, 0.1) is 138 Å². The van der Waals surface area contributed by atoms with Gasteiger partial charge in [-0.05, 0) is 244 Å². The van der Waals surface area contributed by atoms with Crippen molar-refractivity contribution < 1.29 is 9.15 Å². The van der Waals surface area contributed by atoms with Gasteiger partial charge >= 0.3 is 6.67 Å². The van der Waals surface area contributed by atoms with Gasteiger partial charge in [0.2, 0.25) is 11.4 Å². The van der Waals surface area contributed by atoms with Gasteiger partial charge in [0.05, 0.1) is 11.4 Å². The number of hydrogen-bond acceptors (Lipinski definition) is 8. The van der Waals surface area contributed by atoms with Gasteiger partial charge < -0.3 is 0 Å². The molecule has 14 heteroatoms. The molecule has 0 aliphatic carbocycles. The highest BCUT2D eigenvalue weighted by Gasteiger charge is 2.33. The fourth-order valence-electron chi connectivity index (χ4n) is 8.97. The molecule has 1 aliphatic rings. The van der Waals surface area contributed by atoms with Crippen LogP contribution in [0.3, 0.4) is 0 Å². The zero-order valence-corrected chi connectivity index (χ0v) is 53.7. The van der Waals surface area contributed by atoms with Gasteiger partial charge in [-0.2, -0.15) is 19.9 Å². The van der Waals surface area contributed by atoms with Gasteiger partial charge in [-0.1, -0.05) is 19.9 Å². The molecule has 0 amide bonds. The first-order chi connectivity index (χ1) is 35.7. The molecule has 0 saturated heterocycles. The van der Waals surface area contributed by atoms with Crippen molar-refractivity contribution in [3.05, 3.63) is 136 Å². The van der Waals surface area contributed by atoms with Crippen LogP contribution in [0.25, 0.3) is 28.6 Å². The fourth-order valence-corrected chi connectivity index (χ4v) is 9.61. The molecule has 0 atom stereocenters. The van der Waals surface area contributed by atoms with E-state index in [0.717, 1.165) is 63.6 Å². The summed E-state index contributed by atoms with van der Waals surface area (Å²) < 4.78 is 4.73. The smallest absolute Gasteiger partial charge is 0.282 e. The first kappa shape index (κ1) is 63.2. The molecule has 0 saturated carbocycles. The van der Waals surface area contributed by atoms with Crippen LogP contribution >= 0.6 is 7.92 Å². The van der Waals surface area contributed by atoms with Gasteiger partial charge in [0.15, 0.2) is 11.6 Å². The van der Waals surface area contributed by atoms with Gasteiger partial charge in [-0.15, -0.1) is 12.5 Å². The maximum Gasteiger partial charge on any atom is 0.339 e. The Labute approximate surface area is 464 Å². The molecule has 3 N–H and O–H groups in total. The third-order valence-electron chi connectivity index (χ3n) is 16.9. The Morgan fingerprint density at radius 2 is 0.935 bits per heavy atom. The molecular formula is C63H94N13P+2. The molecule has 6 aromatic heterocycles. The molecule has 8 rings (SSSR count). The molecule has 13 nitrogen and oxygen atoms in total. The number of allylic oxidation sites excluding steroid dienone is 2. The minimum Gasteiger partial charge on any atom is -0.282 e. The maximum atomic E-state index is 4.64. The van der Waals surface area contributed by atoms with Gasteiger partial charge in [0.25, 0.3) is 5.71 Å². The van der Waals surface area contributed by atoms with Crippen molar-refractivity contribution in [2.45, 2.75) is 185 Å². The van der Waals surface area contributed by atoms with Crippen molar-refractivity contribution in [3.63, 3.8) is 0 Å². The van der Waals surface area contributed by atoms with Crippen LogP contribution in [0.5, 0.6) is 0 Å². The molecular weight excluding hydrogens is 970 g/mol. The van der Waals surface area contributed by atoms with Crippen LogP contribution in [0.4, 0.5) is 5.69 Å². The quantitative estimate of drug-likeness (QED) is 0.110. The van der Waals surface area contributed by atoms with Crippen LogP contribution in [-0.4, -0.2) is 103 Å². The summed E-state index contributed by atoms with van der Waals surface area (Å²) in [6, 6.07) is 2.33. The Balaban J connectivity index is 0.000000209. The molecule has 1 aliphatic heterocycles. The van der Waals surface area contributed by atoms with Gasteiger partial charge in [0.1, 0.15) is 30.1 Å². The number of hydrogen-bond donors (Lipinski definition) is 3. The zero-order valence-electron chi connectivity index (χ0n) is 52.8. The largest absolute Gasteiger partial charge is 0.339 e. The number of aromatic amines is 3. The molecule has 0 radical (unpaired) electrons. The average molecular weight is 1060 g/mol. The van der Waals surface area contributed by atoms with E-state index in [4.69, 9.17) is 0 Å². The highest BCUT2D eigenvalue weighted by molar-refractivity contribution is 7.57. The predicted molar refractivity (Wildman–Crippen MR) is 327 cm³/mol. The maximum absolute atomic E-state index is 4.64. The Kier molecular flexibility index (Phi) is 21.2. The first-order valence-corrected chi connectivity index (χ1v) is 29.1. The lowest BCUT2D eigenvalue weighted by Gasteiger charge is -2.28. The highest BCUT2D eigenvalue weighted by Crippen LogP contribution is 2.50. The molecule has 7 heterocycles. The van der Waals surface area contributed by atoms with Crippen molar-refractivity contribution in [2.24, 2.45) is 0 Å². The number of aromatic nitrogens is 11. The normalized spacial score (nSPS) is 12.5. The predicted octanol–water partition coefficient (Wildman–Crippen LogP) is 14.7. The fraction of sp³-hybridized carbons (Fsp3) is 0.492. The summed E-state index contributed by atoms with van der Waals surface area (Å²) in [6.07, 6.45) is 2.11. The van der Waals surface area contributed by atoms with Gasteiger partial charge in [-0.3, -0.25) is 20.3 Å². The first-order valence-electron chi connectivity index (χ1n) is 26.9. The molecule has 1 aromatic carbocycles. The van der Waals surface area contributed by atoms with Crippen molar-refractivity contribution >= 4 is 30.6 Å². The lowest BCUT2D eigenvalue weighted by atomic mass is 9.97. The Morgan fingerprint density at radius 3 is 1.30 bits per heavy atom. The van der Waals surface area contributed by atoms with Gasteiger partial charge in [0, 0.05) is 53.4 Å². The molecule has 414 valence electrons. The third kappa shape index (κ3) is 14.1. The minimum atomic E-state index is -0.00538. The second-order valence-corrected chi connectivity index (χ2v) is 24.9. The summed E-state index contributed by atoms with van der Waals surface area (Å²) >= 11 is 0. The molecule has 0 fully saturated rings. The average Bonchev–Trinajstić information content (AvgIpc) is 4.18. The number of nitrogens with one attached hydrogen (secondary N) is 3. The summed E-state index contributed by atoms with van der Waals surface area (Å²) in [6.45, 7) is 60.7. The monoisotopic (exact) mass is 1060 g/mol. The van der Waals surface area contributed by atoms with Crippen molar-refractivity contribution in [1.29, 1.82) is 0 Å². The van der Waals surface area contributed by atoms with E-state index in [-0.39, 0.29) is 13.1 Å². The van der Waals surface area contributed by atoms with Crippen LogP contribution in [0.15, 0.2) is 12.1 Å². The Morgan fingerprint density at radius 1 is 0.506 bits per heavy atom. The summed E-state index contributed by atoms with van der Waals surface area (Å²) in [5.74, 6) is 2.99. The summed E-state index contributed by atoms with van der Waals surface area (Å²) in [5.41, 5.74) is 32.2. The van der Waals surface area contributed by atoms with E-state index in [0.29, 0.717) is 11.6 Å². The Bertz CT molecular complexity index is 3290. The molecule has 7 aromatic rings. The van der Waals surface area contributed by atoms with Gasteiger partial charge in [-0.25, -0.2) is 19.9 Å². The molecule has 0 unspecified atom stereocenters. The second kappa shape index (κ2) is 25.9. The molecule has 0 spiro atoms. The number of rotatable bonds is 6. The number of pyridine rings is 3. The van der Waals surface area contributed by atoms with E-state index in [9.17, 15) is 0 Å². The number of nitrogens with zero attached hydrogens (tertiary/aromatic N) is 10. The highest BCUT2D eigenvalue weighted by atomic mass is 31.1. The van der Waals surface area contributed by atoms with Crippen LogP contribution in [0.2, 0.25) is 0 Å². The Hall–Kier alpha value is -6.33. The number of H-pyrrole nitrogens is 3. The minimum absolute atomic E-state index is 0.00538. The van der Waals surface area contributed by atoms with Crippen LogP contribution in [0.1, 0.15) is 165 Å². The summed E-state index contributed by atoms with van der Waals surface area (Å²) in [5, 5.41) is 21.7. The van der Waals surface area contributed by atoms with E-state index in [1.165, 1.54) is 101 Å². The molecule has 77 heavy (non-hydrogen) atoms. The van der Waals surface area contributed by atoms with E-state index in [1.54, 1.807) is 0 Å².